The van der Waals surface area contributed by atoms with Crippen LogP contribution in [0.5, 0.6) is 11.5 Å². The van der Waals surface area contributed by atoms with Gasteiger partial charge >= 0.3 is 0 Å². The molecule has 0 aromatic heterocycles. The van der Waals surface area contributed by atoms with Crippen molar-refractivity contribution in [2.24, 2.45) is 0 Å². The van der Waals surface area contributed by atoms with Gasteiger partial charge in [0, 0.05) is 6.07 Å². The zero-order chi connectivity index (χ0) is 15.0. The van der Waals surface area contributed by atoms with Crippen molar-refractivity contribution in [3.63, 3.8) is 0 Å². The minimum absolute atomic E-state index is 0.106. The highest BCUT2D eigenvalue weighted by Gasteiger charge is 2.22. The number of hydrogen-bond acceptors (Lipinski definition) is 1. The van der Waals surface area contributed by atoms with Gasteiger partial charge < -0.3 is 4.74 Å². The van der Waals surface area contributed by atoms with E-state index in [9.17, 15) is 30.7 Å². The van der Waals surface area contributed by atoms with Gasteiger partial charge in [-0.3, -0.25) is 0 Å². The largest absolute Gasteiger partial charge is 0.451 e. The first-order valence-corrected chi connectivity index (χ1v) is 4.97. The fourth-order valence-electron chi connectivity index (χ4n) is 1.33. The molecule has 0 spiro atoms. The second-order valence-corrected chi connectivity index (χ2v) is 3.57. The lowest BCUT2D eigenvalue weighted by Crippen LogP contribution is -2.01. The molecule has 8 heteroatoms. The highest BCUT2D eigenvalue weighted by molar-refractivity contribution is 5.35. The molecule has 2 rings (SSSR count). The van der Waals surface area contributed by atoms with Crippen molar-refractivity contribution < 1.29 is 35.5 Å². The van der Waals surface area contributed by atoms with Crippen LogP contribution in [0.1, 0.15) is 0 Å². The standard InChI is InChI=1S/C12H3F7O/c13-4-1-2-6(10(17)8(4)15)20-7-3-5(14)9(16)12(19)11(7)18/h1-3H. The van der Waals surface area contributed by atoms with E-state index >= 15 is 0 Å². The second kappa shape index (κ2) is 5.03. The van der Waals surface area contributed by atoms with Gasteiger partial charge in [0.05, 0.1) is 0 Å². The first-order valence-electron chi connectivity index (χ1n) is 4.97. The summed E-state index contributed by atoms with van der Waals surface area (Å²) < 4.78 is 94.9. The van der Waals surface area contributed by atoms with Crippen molar-refractivity contribution in [1.29, 1.82) is 0 Å². The quantitative estimate of drug-likeness (QED) is 0.452. The normalized spacial score (nSPS) is 10.8. The van der Waals surface area contributed by atoms with Crippen LogP contribution in [-0.2, 0) is 0 Å². The Kier molecular flexibility index (Phi) is 3.56. The van der Waals surface area contributed by atoms with Crippen LogP contribution in [0.4, 0.5) is 30.7 Å². The summed E-state index contributed by atoms with van der Waals surface area (Å²) in [6, 6.07) is 1.14. The predicted octanol–water partition coefficient (Wildman–Crippen LogP) is 4.45. The van der Waals surface area contributed by atoms with Crippen LogP contribution in [-0.4, -0.2) is 0 Å². The third kappa shape index (κ3) is 2.28. The van der Waals surface area contributed by atoms with E-state index in [0.717, 1.165) is 0 Å². The minimum atomic E-state index is -2.18. The summed E-state index contributed by atoms with van der Waals surface area (Å²) in [5.41, 5.74) is 0. The molecule has 106 valence electrons. The minimum Gasteiger partial charge on any atom is -0.451 e. The van der Waals surface area contributed by atoms with Gasteiger partial charge in [-0.2, -0.15) is 8.78 Å². The summed E-state index contributed by atoms with van der Waals surface area (Å²) >= 11 is 0. The van der Waals surface area contributed by atoms with Crippen LogP contribution >= 0.6 is 0 Å². The number of rotatable bonds is 2. The van der Waals surface area contributed by atoms with Gasteiger partial charge in [-0.25, -0.2) is 22.0 Å². The van der Waals surface area contributed by atoms with Crippen molar-refractivity contribution >= 4 is 0 Å². The number of hydrogen-bond donors (Lipinski definition) is 0. The van der Waals surface area contributed by atoms with E-state index in [1.54, 1.807) is 0 Å². The lowest BCUT2D eigenvalue weighted by Gasteiger charge is -2.09. The summed E-state index contributed by atoms with van der Waals surface area (Å²) in [5.74, 6) is -15.5. The molecule has 0 amide bonds. The van der Waals surface area contributed by atoms with E-state index in [-0.39, 0.29) is 6.07 Å². The van der Waals surface area contributed by atoms with Crippen LogP contribution in [0.15, 0.2) is 18.2 Å². The summed E-state index contributed by atoms with van der Waals surface area (Å²) in [5, 5.41) is 0. The third-order valence-corrected chi connectivity index (χ3v) is 2.29. The maximum absolute atomic E-state index is 13.2. The van der Waals surface area contributed by atoms with Crippen LogP contribution < -0.4 is 4.74 Å². The third-order valence-electron chi connectivity index (χ3n) is 2.29. The first kappa shape index (κ1) is 14.2. The Labute approximate surface area is 107 Å². The van der Waals surface area contributed by atoms with E-state index in [4.69, 9.17) is 0 Å². The van der Waals surface area contributed by atoms with Crippen LogP contribution in [0.2, 0.25) is 0 Å². The fraction of sp³-hybridized carbons (Fsp3) is 0. The molecule has 1 nitrogen and oxygen atoms in total. The van der Waals surface area contributed by atoms with E-state index in [0.29, 0.717) is 12.1 Å². The van der Waals surface area contributed by atoms with Gasteiger partial charge in [-0.05, 0) is 12.1 Å². The van der Waals surface area contributed by atoms with Gasteiger partial charge in [0.25, 0.3) is 0 Å². The average molecular weight is 296 g/mol. The van der Waals surface area contributed by atoms with E-state index in [1.807, 2.05) is 0 Å². The van der Waals surface area contributed by atoms with Crippen molar-refractivity contribution in [2.75, 3.05) is 0 Å². The molecular weight excluding hydrogens is 293 g/mol. The SMILES string of the molecule is Fc1ccc(Oc2cc(F)c(F)c(F)c2F)c(F)c1F. The summed E-state index contributed by atoms with van der Waals surface area (Å²) in [4.78, 5) is 0. The molecular formula is C12H3F7O. The van der Waals surface area contributed by atoms with Crippen molar-refractivity contribution in [1.82, 2.24) is 0 Å². The molecule has 0 bridgehead atoms. The molecule has 0 saturated heterocycles. The first-order chi connectivity index (χ1) is 9.32. The lowest BCUT2D eigenvalue weighted by atomic mass is 10.2. The van der Waals surface area contributed by atoms with Gasteiger partial charge in [0.1, 0.15) is 0 Å². The molecule has 0 aliphatic carbocycles. The van der Waals surface area contributed by atoms with E-state index < -0.39 is 52.2 Å². The van der Waals surface area contributed by atoms with Crippen molar-refractivity contribution in [2.45, 2.75) is 0 Å². The van der Waals surface area contributed by atoms with Crippen LogP contribution in [0.3, 0.4) is 0 Å². The van der Waals surface area contributed by atoms with Gasteiger partial charge in [-0.1, -0.05) is 0 Å². The number of benzene rings is 2. The highest BCUT2D eigenvalue weighted by Crippen LogP contribution is 2.31. The number of halogens is 7. The Balaban J connectivity index is 2.48. The van der Waals surface area contributed by atoms with Crippen LogP contribution in [0.25, 0.3) is 0 Å². The zero-order valence-electron chi connectivity index (χ0n) is 9.29. The van der Waals surface area contributed by atoms with Crippen LogP contribution in [0, 0.1) is 40.7 Å². The smallest absolute Gasteiger partial charge is 0.204 e. The van der Waals surface area contributed by atoms with E-state index in [1.165, 1.54) is 0 Å². The molecule has 0 aliphatic rings. The summed E-state index contributed by atoms with van der Waals surface area (Å²) in [7, 11) is 0. The van der Waals surface area contributed by atoms with E-state index in [2.05, 4.69) is 4.74 Å². The molecule has 2 aromatic rings. The molecule has 0 saturated carbocycles. The molecule has 0 unspecified atom stereocenters. The van der Waals surface area contributed by atoms with Crippen molar-refractivity contribution in [3.05, 3.63) is 58.9 Å². The molecule has 0 radical (unpaired) electrons. The van der Waals surface area contributed by atoms with Gasteiger partial charge in [-0.15, -0.1) is 0 Å². The topological polar surface area (TPSA) is 9.23 Å². The highest BCUT2D eigenvalue weighted by atomic mass is 19.2. The predicted molar refractivity (Wildman–Crippen MR) is 52.7 cm³/mol. The number of ether oxygens (including phenoxy) is 1. The Morgan fingerprint density at radius 1 is 0.550 bits per heavy atom. The maximum atomic E-state index is 13.2. The van der Waals surface area contributed by atoms with Gasteiger partial charge in [0.2, 0.25) is 17.5 Å². The van der Waals surface area contributed by atoms with Gasteiger partial charge in [0.15, 0.2) is 34.8 Å². The molecule has 0 heterocycles. The Morgan fingerprint density at radius 3 is 1.75 bits per heavy atom. The lowest BCUT2D eigenvalue weighted by molar-refractivity contribution is 0.353. The Bertz CT molecular complexity index is 684. The monoisotopic (exact) mass is 296 g/mol. The van der Waals surface area contributed by atoms with Crippen molar-refractivity contribution in [3.8, 4) is 11.5 Å². The Hall–Kier alpha value is -2.25. The molecule has 0 fully saturated rings. The maximum Gasteiger partial charge on any atom is 0.204 e. The fourth-order valence-corrected chi connectivity index (χ4v) is 1.33. The zero-order valence-corrected chi connectivity index (χ0v) is 9.29. The molecule has 0 aliphatic heterocycles. The molecule has 20 heavy (non-hydrogen) atoms. The average Bonchev–Trinajstić information content (AvgIpc) is 2.42. The summed E-state index contributed by atoms with van der Waals surface area (Å²) in [6.45, 7) is 0. The second-order valence-electron chi connectivity index (χ2n) is 3.57. The molecule has 0 N–H and O–H groups in total. The molecule has 2 aromatic carbocycles. The molecule has 0 atom stereocenters. The summed E-state index contributed by atoms with van der Waals surface area (Å²) in [6.07, 6.45) is 0. The Morgan fingerprint density at radius 2 is 1.10 bits per heavy atom.